The number of aromatic nitrogens is 3. The number of benzene rings is 2. The normalized spacial score (nSPS) is 10.8. The van der Waals surface area contributed by atoms with Crippen LogP contribution >= 0.6 is 35.0 Å². The topological polar surface area (TPSA) is 59.8 Å². The summed E-state index contributed by atoms with van der Waals surface area (Å²) >= 11 is 13.8. The molecular formula is C19H18Cl2N4OS. The van der Waals surface area contributed by atoms with Gasteiger partial charge < -0.3 is 9.88 Å². The average molecular weight is 421 g/mol. The van der Waals surface area contributed by atoms with Crippen molar-refractivity contribution in [3.63, 3.8) is 0 Å². The van der Waals surface area contributed by atoms with E-state index < -0.39 is 0 Å². The Morgan fingerprint density at radius 3 is 2.52 bits per heavy atom. The second-order valence-electron chi connectivity index (χ2n) is 5.83. The number of anilines is 1. The summed E-state index contributed by atoms with van der Waals surface area (Å²) in [5.74, 6) is 1.37. The molecule has 2 aromatic carbocycles. The lowest BCUT2D eigenvalue weighted by Gasteiger charge is -2.09. The van der Waals surface area contributed by atoms with E-state index in [-0.39, 0.29) is 5.91 Å². The van der Waals surface area contributed by atoms with Gasteiger partial charge in [-0.05, 0) is 48.9 Å². The van der Waals surface area contributed by atoms with Gasteiger partial charge in [0.1, 0.15) is 0 Å². The molecule has 0 aliphatic heterocycles. The van der Waals surface area contributed by atoms with Crippen molar-refractivity contribution in [3.05, 3.63) is 58.1 Å². The van der Waals surface area contributed by atoms with Gasteiger partial charge >= 0.3 is 0 Å². The minimum atomic E-state index is -0.0981. The molecule has 140 valence electrons. The van der Waals surface area contributed by atoms with E-state index in [1.165, 1.54) is 6.92 Å². The zero-order valence-corrected chi connectivity index (χ0v) is 17.2. The highest BCUT2D eigenvalue weighted by atomic mass is 35.5. The van der Waals surface area contributed by atoms with Crippen LogP contribution in [0.3, 0.4) is 0 Å². The Morgan fingerprint density at radius 1 is 1.15 bits per heavy atom. The standard InChI is InChI=1S/C19H18Cl2N4OS/c1-3-25-18(13-5-8-16(9-6-13)22-12(2)26)23-24-19(25)27-11-14-4-7-15(20)10-17(14)21/h4-10H,3,11H2,1-2H3,(H,22,26). The highest BCUT2D eigenvalue weighted by Gasteiger charge is 2.14. The van der Waals surface area contributed by atoms with Crippen molar-refractivity contribution in [2.75, 3.05) is 5.32 Å². The number of carbonyl (C=O) groups is 1. The second kappa shape index (κ2) is 8.78. The van der Waals surface area contributed by atoms with Gasteiger partial charge in [0.05, 0.1) is 0 Å². The number of rotatable bonds is 6. The van der Waals surface area contributed by atoms with Crippen LogP contribution in [-0.4, -0.2) is 20.7 Å². The molecule has 0 unspecified atom stereocenters. The van der Waals surface area contributed by atoms with Gasteiger partial charge in [0, 0.05) is 40.5 Å². The molecule has 0 bridgehead atoms. The molecule has 0 spiro atoms. The molecular weight excluding hydrogens is 403 g/mol. The summed E-state index contributed by atoms with van der Waals surface area (Å²) in [6.07, 6.45) is 0. The van der Waals surface area contributed by atoms with Crippen LogP contribution < -0.4 is 5.32 Å². The molecule has 0 saturated carbocycles. The molecule has 1 heterocycles. The smallest absolute Gasteiger partial charge is 0.221 e. The third kappa shape index (κ3) is 4.83. The summed E-state index contributed by atoms with van der Waals surface area (Å²) in [5.41, 5.74) is 2.69. The molecule has 0 aliphatic rings. The van der Waals surface area contributed by atoms with Crippen molar-refractivity contribution in [2.24, 2.45) is 0 Å². The Bertz CT molecular complexity index is 957. The minimum Gasteiger partial charge on any atom is -0.326 e. The van der Waals surface area contributed by atoms with E-state index in [2.05, 4.69) is 27.0 Å². The van der Waals surface area contributed by atoms with E-state index >= 15 is 0 Å². The summed E-state index contributed by atoms with van der Waals surface area (Å²) < 4.78 is 2.06. The first kappa shape index (κ1) is 19.7. The third-order valence-electron chi connectivity index (χ3n) is 3.87. The maximum absolute atomic E-state index is 11.1. The van der Waals surface area contributed by atoms with Crippen LogP contribution in [-0.2, 0) is 17.1 Å². The van der Waals surface area contributed by atoms with Crippen LogP contribution in [0.25, 0.3) is 11.4 Å². The Hall–Kier alpha value is -2.02. The molecule has 5 nitrogen and oxygen atoms in total. The predicted octanol–water partition coefficient (Wildman–Crippen LogP) is 5.52. The molecule has 0 fully saturated rings. The van der Waals surface area contributed by atoms with E-state index in [9.17, 15) is 4.79 Å². The van der Waals surface area contributed by atoms with Crippen molar-refractivity contribution >= 4 is 46.6 Å². The highest BCUT2D eigenvalue weighted by Crippen LogP contribution is 2.30. The van der Waals surface area contributed by atoms with E-state index in [0.29, 0.717) is 15.8 Å². The summed E-state index contributed by atoms with van der Waals surface area (Å²) in [5, 5.41) is 13.5. The fraction of sp³-hybridized carbons (Fsp3) is 0.211. The molecule has 0 aliphatic carbocycles. The summed E-state index contributed by atoms with van der Waals surface area (Å²) in [7, 11) is 0. The van der Waals surface area contributed by atoms with Gasteiger partial charge in [-0.3, -0.25) is 4.79 Å². The van der Waals surface area contributed by atoms with E-state index in [1.54, 1.807) is 17.8 Å². The van der Waals surface area contributed by atoms with Crippen molar-refractivity contribution in [2.45, 2.75) is 31.3 Å². The Balaban J connectivity index is 1.79. The number of hydrogen-bond donors (Lipinski definition) is 1. The molecule has 0 atom stereocenters. The first-order chi connectivity index (χ1) is 13.0. The summed E-state index contributed by atoms with van der Waals surface area (Å²) in [6, 6.07) is 13.0. The van der Waals surface area contributed by atoms with E-state index in [4.69, 9.17) is 23.2 Å². The van der Waals surface area contributed by atoms with Gasteiger partial charge in [0.25, 0.3) is 0 Å². The molecule has 3 aromatic rings. The van der Waals surface area contributed by atoms with E-state index in [0.717, 1.165) is 34.3 Å². The van der Waals surface area contributed by atoms with Crippen LogP contribution in [0.4, 0.5) is 5.69 Å². The van der Waals surface area contributed by atoms with Gasteiger partial charge in [0.2, 0.25) is 5.91 Å². The van der Waals surface area contributed by atoms with Crippen LogP contribution in [0, 0.1) is 0 Å². The number of nitrogens with one attached hydrogen (secondary N) is 1. The fourth-order valence-corrected chi connectivity index (χ4v) is 4.14. The first-order valence-corrected chi connectivity index (χ1v) is 10.1. The molecule has 0 radical (unpaired) electrons. The number of halogens is 2. The van der Waals surface area contributed by atoms with Crippen LogP contribution in [0.5, 0.6) is 0 Å². The Kier molecular flexibility index (Phi) is 6.42. The number of carbonyl (C=O) groups excluding carboxylic acids is 1. The summed E-state index contributed by atoms with van der Waals surface area (Å²) in [4.78, 5) is 11.1. The summed E-state index contributed by atoms with van der Waals surface area (Å²) in [6.45, 7) is 4.28. The number of amides is 1. The zero-order valence-electron chi connectivity index (χ0n) is 14.9. The molecule has 0 saturated heterocycles. The maximum Gasteiger partial charge on any atom is 0.221 e. The molecule has 3 rings (SSSR count). The van der Waals surface area contributed by atoms with Crippen molar-refractivity contribution in [1.82, 2.24) is 14.8 Å². The fourth-order valence-electron chi connectivity index (χ4n) is 2.58. The van der Waals surface area contributed by atoms with Gasteiger partial charge in [-0.2, -0.15) is 0 Å². The van der Waals surface area contributed by atoms with E-state index in [1.807, 2.05) is 36.4 Å². The number of hydrogen-bond acceptors (Lipinski definition) is 4. The third-order valence-corrected chi connectivity index (χ3v) is 5.47. The lowest BCUT2D eigenvalue weighted by Crippen LogP contribution is -2.05. The van der Waals surface area contributed by atoms with Crippen LogP contribution in [0.15, 0.2) is 47.6 Å². The molecule has 1 aromatic heterocycles. The van der Waals surface area contributed by atoms with Gasteiger partial charge in [-0.25, -0.2) is 0 Å². The van der Waals surface area contributed by atoms with Crippen LogP contribution in [0.2, 0.25) is 10.0 Å². The second-order valence-corrected chi connectivity index (χ2v) is 7.62. The zero-order chi connectivity index (χ0) is 19.4. The minimum absolute atomic E-state index is 0.0981. The van der Waals surface area contributed by atoms with Crippen molar-refractivity contribution in [1.29, 1.82) is 0 Å². The average Bonchev–Trinajstić information content (AvgIpc) is 3.04. The number of nitrogens with zero attached hydrogens (tertiary/aromatic N) is 3. The van der Waals surface area contributed by atoms with Crippen LogP contribution in [0.1, 0.15) is 19.4 Å². The Labute approximate surface area is 172 Å². The quantitative estimate of drug-likeness (QED) is 0.533. The molecule has 8 heteroatoms. The lowest BCUT2D eigenvalue weighted by atomic mass is 10.2. The first-order valence-electron chi connectivity index (χ1n) is 8.36. The molecule has 27 heavy (non-hydrogen) atoms. The Morgan fingerprint density at radius 2 is 1.89 bits per heavy atom. The van der Waals surface area contributed by atoms with Crippen molar-refractivity contribution in [3.8, 4) is 11.4 Å². The largest absolute Gasteiger partial charge is 0.326 e. The number of thioether (sulfide) groups is 1. The van der Waals surface area contributed by atoms with Gasteiger partial charge in [-0.1, -0.05) is 41.0 Å². The highest BCUT2D eigenvalue weighted by molar-refractivity contribution is 7.98. The SMILES string of the molecule is CCn1c(SCc2ccc(Cl)cc2Cl)nnc1-c1ccc(NC(C)=O)cc1. The maximum atomic E-state index is 11.1. The van der Waals surface area contributed by atoms with Crippen molar-refractivity contribution < 1.29 is 4.79 Å². The lowest BCUT2D eigenvalue weighted by molar-refractivity contribution is -0.114. The van der Waals surface area contributed by atoms with Gasteiger partial charge in [-0.15, -0.1) is 10.2 Å². The predicted molar refractivity (Wildman–Crippen MR) is 111 cm³/mol. The molecule has 1 N–H and O–H groups in total. The monoisotopic (exact) mass is 420 g/mol. The molecule has 1 amide bonds. The van der Waals surface area contributed by atoms with Gasteiger partial charge in [0.15, 0.2) is 11.0 Å².